The van der Waals surface area contributed by atoms with E-state index >= 15 is 0 Å². The molecule has 7 nitrogen and oxygen atoms in total. The fourth-order valence-corrected chi connectivity index (χ4v) is 3.68. The van der Waals surface area contributed by atoms with Gasteiger partial charge < -0.3 is 19.6 Å². The van der Waals surface area contributed by atoms with Crippen molar-refractivity contribution in [2.24, 2.45) is 4.99 Å². The van der Waals surface area contributed by atoms with Gasteiger partial charge in [0.15, 0.2) is 5.96 Å². The molecule has 4 rings (SSSR count). The summed E-state index contributed by atoms with van der Waals surface area (Å²) in [6.45, 7) is 3.87. The molecule has 0 aliphatic rings. The molecule has 0 aliphatic heterocycles. The number of thiophene rings is 1. The van der Waals surface area contributed by atoms with Crippen molar-refractivity contribution in [1.82, 2.24) is 25.2 Å². The Morgan fingerprint density at radius 2 is 2.10 bits per heavy atom. The highest BCUT2D eigenvalue weighted by Crippen LogP contribution is 2.23. The number of nitrogens with one attached hydrogen (secondary N) is 2. The van der Waals surface area contributed by atoms with Gasteiger partial charge in [-0.2, -0.15) is 0 Å². The van der Waals surface area contributed by atoms with Crippen molar-refractivity contribution in [2.75, 3.05) is 13.6 Å². The van der Waals surface area contributed by atoms with E-state index in [1.165, 1.54) is 0 Å². The van der Waals surface area contributed by atoms with Gasteiger partial charge in [-0.1, -0.05) is 36.4 Å². The molecule has 30 heavy (non-hydrogen) atoms. The Labute approximate surface area is 179 Å². The number of rotatable bonds is 7. The van der Waals surface area contributed by atoms with Gasteiger partial charge >= 0.3 is 0 Å². The van der Waals surface area contributed by atoms with Crippen LogP contribution in [0.5, 0.6) is 0 Å². The molecule has 0 fully saturated rings. The second-order valence-electron chi connectivity index (χ2n) is 6.76. The molecular weight excluding hydrogens is 396 g/mol. The first-order chi connectivity index (χ1) is 14.7. The average Bonchev–Trinajstić information content (AvgIpc) is 3.53. The number of guanidine groups is 1. The number of nitrogens with zero attached hydrogens (tertiary/aromatic N) is 4. The van der Waals surface area contributed by atoms with Gasteiger partial charge in [-0.05, 0) is 23.9 Å². The molecule has 0 bridgehead atoms. The van der Waals surface area contributed by atoms with Crippen LogP contribution in [0, 0.1) is 0 Å². The lowest BCUT2D eigenvalue weighted by Gasteiger charge is -2.20. The lowest BCUT2D eigenvalue weighted by molar-refractivity contribution is 0.464. The second-order valence-corrected chi connectivity index (χ2v) is 7.70. The number of aromatic amines is 1. The Morgan fingerprint density at radius 1 is 1.23 bits per heavy atom. The van der Waals surface area contributed by atoms with Crippen molar-refractivity contribution in [3.05, 3.63) is 71.8 Å². The van der Waals surface area contributed by atoms with E-state index in [4.69, 9.17) is 9.41 Å². The Balaban J connectivity index is 1.42. The van der Waals surface area contributed by atoms with E-state index in [-0.39, 0.29) is 0 Å². The van der Waals surface area contributed by atoms with Gasteiger partial charge in [0.2, 0.25) is 5.89 Å². The minimum absolute atomic E-state index is 0.439. The van der Waals surface area contributed by atoms with Crippen molar-refractivity contribution in [3.8, 4) is 22.0 Å². The minimum atomic E-state index is 0.439. The highest BCUT2D eigenvalue weighted by Gasteiger charge is 2.11. The van der Waals surface area contributed by atoms with Crippen LogP contribution in [0.2, 0.25) is 0 Å². The number of benzene rings is 1. The van der Waals surface area contributed by atoms with E-state index < -0.39 is 0 Å². The summed E-state index contributed by atoms with van der Waals surface area (Å²) in [6, 6.07) is 14.2. The van der Waals surface area contributed by atoms with E-state index in [0.717, 1.165) is 40.2 Å². The average molecular weight is 421 g/mol. The van der Waals surface area contributed by atoms with Crippen LogP contribution in [0.15, 0.2) is 69.7 Å². The molecule has 0 spiro atoms. The molecule has 0 saturated heterocycles. The molecule has 8 heteroatoms. The Morgan fingerprint density at radius 3 is 2.87 bits per heavy atom. The van der Waals surface area contributed by atoms with Gasteiger partial charge in [0.1, 0.15) is 17.8 Å². The van der Waals surface area contributed by atoms with E-state index in [2.05, 4.69) is 39.3 Å². The molecule has 0 unspecified atom stereocenters. The highest BCUT2D eigenvalue weighted by atomic mass is 32.1. The lowest BCUT2D eigenvalue weighted by Crippen LogP contribution is -2.38. The molecule has 0 radical (unpaired) electrons. The second kappa shape index (κ2) is 9.41. The molecule has 3 aromatic heterocycles. The van der Waals surface area contributed by atoms with Gasteiger partial charge in [-0.15, -0.1) is 11.3 Å². The van der Waals surface area contributed by atoms with Crippen LogP contribution in [0.3, 0.4) is 0 Å². The van der Waals surface area contributed by atoms with Gasteiger partial charge in [0.25, 0.3) is 0 Å². The quantitative estimate of drug-likeness (QED) is 0.342. The molecule has 2 N–H and O–H groups in total. The van der Waals surface area contributed by atoms with Gasteiger partial charge in [-0.3, -0.25) is 0 Å². The molecule has 0 amide bonds. The molecule has 0 saturated carbocycles. The number of oxazole rings is 1. The van der Waals surface area contributed by atoms with Crippen LogP contribution in [-0.4, -0.2) is 39.4 Å². The predicted octanol–water partition coefficient (Wildman–Crippen LogP) is 4.39. The van der Waals surface area contributed by atoms with Crippen molar-refractivity contribution in [1.29, 1.82) is 0 Å². The third-order valence-corrected chi connectivity index (χ3v) is 5.33. The molecule has 154 valence electrons. The van der Waals surface area contributed by atoms with E-state index in [1.807, 2.05) is 53.9 Å². The molecule has 0 atom stereocenters. The number of imidazole rings is 1. The van der Waals surface area contributed by atoms with Crippen molar-refractivity contribution in [2.45, 2.75) is 20.0 Å². The number of hydrogen-bond donors (Lipinski definition) is 2. The first-order valence-corrected chi connectivity index (χ1v) is 10.7. The summed E-state index contributed by atoms with van der Waals surface area (Å²) in [7, 11) is 1.99. The van der Waals surface area contributed by atoms with Crippen molar-refractivity contribution < 1.29 is 4.42 Å². The number of hydrogen-bond acceptors (Lipinski definition) is 5. The largest absolute Gasteiger partial charge is 0.443 e. The smallest absolute Gasteiger partial charge is 0.236 e. The van der Waals surface area contributed by atoms with Crippen molar-refractivity contribution >= 4 is 17.3 Å². The van der Waals surface area contributed by atoms with Crippen molar-refractivity contribution in [3.63, 3.8) is 0 Å². The monoisotopic (exact) mass is 420 g/mol. The third-order valence-electron chi connectivity index (χ3n) is 4.47. The van der Waals surface area contributed by atoms with E-state index in [1.54, 1.807) is 17.6 Å². The summed E-state index contributed by atoms with van der Waals surface area (Å²) in [6.07, 6.45) is 3.53. The van der Waals surface area contributed by atoms with Crippen LogP contribution < -0.4 is 5.32 Å². The zero-order valence-electron chi connectivity index (χ0n) is 17.0. The molecule has 1 aromatic carbocycles. The van der Waals surface area contributed by atoms with Gasteiger partial charge in [-0.25, -0.2) is 15.0 Å². The molecule has 0 aliphatic carbocycles. The first-order valence-electron chi connectivity index (χ1n) is 9.80. The van der Waals surface area contributed by atoms with Gasteiger partial charge in [0.05, 0.1) is 29.9 Å². The van der Waals surface area contributed by atoms with E-state index in [9.17, 15) is 0 Å². The topological polar surface area (TPSA) is 82.3 Å². The number of aromatic nitrogens is 3. The number of H-pyrrole nitrogens is 1. The first kappa shape index (κ1) is 19.9. The Bertz CT molecular complexity index is 1080. The highest BCUT2D eigenvalue weighted by molar-refractivity contribution is 7.13. The number of aliphatic imine (C=N–C) groups is 1. The lowest BCUT2D eigenvalue weighted by atomic mass is 10.2. The Hall–Kier alpha value is -3.39. The van der Waals surface area contributed by atoms with Crippen LogP contribution in [-0.2, 0) is 13.1 Å². The summed E-state index contributed by atoms with van der Waals surface area (Å²) < 4.78 is 5.58. The maximum atomic E-state index is 5.58. The Kier molecular flexibility index (Phi) is 6.24. The molecule has 4 aromatic rings. The van der Waals surface area contributed by atoms with Crippen LogP contribution in [0.25, 0.3) is 22.0 Å². The van der Waals surface area contributed by atoms with Crippen LogP contribution in [0.1, 0.15) is 18.4 Å². The zero-order valence-corrected chi connectivity index (χ0v) is 17.8. The predicted molar refractivity (Wildman–Crippen MR) is 120 cm³/mol. The fourth-order valence-electron chi connectivity index (χ4n) is 3.03. The molecular formula is C22H24N6OS. The fraction of sp³-hybridized carbons (Fsp3) is 0.227. The van der Waals surface area contributed by atoms with E-state index in [0.29, 0.717) is 19.0 Å². The standard InChI is InChI=1S/C22H24N6OS/c1-3-23-22(25-12-17-15-29-21(26-17)19-10-7-11-30-19)28(2)14-20-24-13-18(27-20)16-8-5-4-6-9-16/h4-11,13,15H,3,12,14H2,1-2H3,(H,23,25)(H,24,27). The summed E-state index contributed by atoms with van der Waals surface area (Å²) in [5.74, 6) is 2.30. The SMILES string of the molecule is CCNC(=NCc1coc(-c2cccs2)n1)N(C)Cc1ncc(-c2ccccc2)[nH]1. The summed E-state index contributed by atoms with van der Waals surface area (Å²) in [5.41, 5.74) is 2.92. The third kappa shape index (κ3) is 4.77. The summed E-state index contributed by atoms with van der Waals surface area (Å²) in [4.78, 5) is 20.2. The molecule has 3 heterocycles. The maximum Gasteiger partial charge on any atom is 0.236 e. The van der Waals surface area contributed by atoms with Crippen LogP contribution in [0.4, 0.5) is 0 Å². The van der Waals surface area contributed by atoms with Crippen LogP contribution >= 0.6 is 11.3 Å². The summed E-state index contributed by atoms with van der Waals surface area (Å²) in [5, 5.41) is 5.33. The minimum Gasteiger partial charge on any atom is -0.443 e. The zero-order chi connectivity index (χ0) is 20.8. The van der Waals surface area contributed by atoms with Gasteiger partial charge in [0, 0.05) is 13.6 Å². The normalized spacial score (nSPS) is 11.6. The maximum absolute atomic E-state index is 5.58. The summed E-state index contributed by atoms with van der Waals surface area (Å²) >= 11 is 1.61.